The van der Waals surface area contributed by atoms with E-state index in [0.29, 0.717) is 0 Å². The van der Waals surface area contributed by atoms with E-state index in [-0.39, 0.29) is 34.4 Å². The third-order valence-corrected chi connectivity index (χ3v) is 11.2. The van der Waals surface area contributed by atoms with Crippen LogP contribution in [-0.4, -0.2) is 31.3 Å². The van der Waals surface area contributed by atoms with Gasteiger partial charge in [-0.1, -0.05) is 60.7 Å². The van der Waals surface area contributed by atoms with E-state index < -0.39 is 8.07 Å². The number of aryl methyl sites for hydroxylation is 1. The number of rotatable bonds is 7. The van der Waals surface area contributed by atoms with E-state index >= 15 is 0 Å². The van der Waals surface area contributed by atoms with E-state index in [2.05, 4.69) is 71.1 Å². The van der Waals surface area contributed by atoms with Gasteiger partial charge in [0.25, 0.3) is 5.69 Å². The Labute approximate surface area is 181 Å². The fourth-order valence-electron chi connectivity index (χ4n) is 4.08. The van der Waals surface area contributed by atoms with Gasteiger partial charge in [0.05, 0.1) is 24.2 Å². The van der Waals surface area contributed by atoms with Crippen molar-refractivity contribution in [2.24, 2.45) is 0 Å². The predicted molar refractivity (Wildman–Crippen MR) is 125 cm³/mol. The molecule has 30 heavy (non-hydrogen) atoms. The Morgan fingerprint density at radius 2 is 1.50 bits per heavy atom. The van der Waals surface area contributed by atoms with Crippen molar-refractivity contribution in [3.8, 4) is 0 Å². The molecule has 160 valence electrons. The van der Waals surface area contributed by atoms with E-state index in [1.54, 1.807) is 12.1 Å². The lowest BCUT2D eigenvalue weighted by Crippen LogP contribution is -2.52. The number of hydrogen-bond acceptors (Lipinski definition) is 4. The second-order valence-corrected chi connectivity index (χ2v) is 14.5. The van der Waals surface area contributed by atoms with Gasteiger partial charge >= 0.3 is 7.12 Å². The monoisotopic (exact) mass is 425 g/mol. The SMILES string of the molecule is CC1(C)OB(C(CCc2ccc([N+](=O)[O-])cc2)[Si](C)(C)c2ccccc2)OC1(C)C. The molecule has 0 aromatic heterocycles. The molecule has 2 aromatic rings. The average Bonchev–Trinajstić information content (AvgIpc) is 2.89. The number of non-ortho nitro benzene ring substituents is 1. The summed E-state index contributed by atoms with van der Waals surface area (Å²) in [5.74, 6) is 0. The topological polar surface area (TPSA) is 61.6 Å². The predicted octanol–water partition coefficient (Wildman–Crippen LogP) is 5.14. The summed E-state index contributed by atoms with van der Waals surface area (Å²) in [7, 11) is -2.21. The molecule has 0 N–H and O–H groups in total. The van der Waals surface area contributed by atoms with Gasteiger partial charge in [-0.3, -0.25) is 10.1 Å². The van der Waals surface area contributed by atoms with Gasteiger partial charge in [0.15, 0.2) is 0 Å². The molecule has 5 nitrogen and oxygen atoms in total. The minimum absolute atomic E-state index is 0.125. The van der Waals surface area contributed by atoms with Gasteiger partial charge in [0.1, 0.15) is 0 Å². The number of hydrogen-bond donors (Lipinski definition) is 0. The summed E-state index contributed by atoms with van der Waals surface area (Å²) in [6.07, 6.45) is 1.73. The molecule has 7 heteroatoms. The summed E-state index contributed by atoms with van der Waals surface area (Å²) >= 11 is 0. The van der Waals surface area contributed by atoms with Crippen molar-refractivity contribution in [2.45, 2.75) is 70.3 Å². The molecule has 0 bridgehead atoms. The van der Waals surface area contributed by atoms with Gasteiger partial charge in [-0.2, -0.15) is 0 Å². The second kappa shape index (κ2) is 8.29. The molecule has 1 aliphatic heterocycles. The molecule has 0 saturated carbocycles. The van der Waals surface area contributed by atoms with Crippen LogP contribution in [0.4, 0.5) is 5.69 Å². The first-order valence-electron chi connectivity index (χ1n) is 10.6. The minimum Gasteiger partial charge on any atom is -0.403 e. The highest BCUT2D eigenvalue weighted by atomic mass is 28.3. The van der Waals surface area contributed by atoms with Crippen LogP contribution in [0.1, 0.15) is 39.7 Å². The molecule has 0 radical (unpaired) electrons. The van der Waals surface area contributed by atoms with Crippen LogP contribution in [0, 0.1) is 10.1 Å². The van der Waals surface area contributed by atoms with Crippen LogP contribution in [0.15, 0.2) is 54.6 Å². The molecule has 1 saturated heterocycles. The molecule has 1 fully saturated rings. The first kappa shape index (κ1) is 22.7. The van der Waals surface area contributed by atoms with E-state index in [1.165, 1.54) is 5.19 Å². The van der Waals surface area contributed by atoms with Crippen LogP contribution in [0.25, 0.3) is 0 Å². The number of nitrogens with zero attached hydrogens (tertiary/aromatic N) is 1. The zero-order valence-corrected chi connectivity index (χ0v) is 19.8. The fraction of sp³-hybridized carbons (Fsp3) is 0.478. The zero-order chi connectivity index (χ0) is 22.2. The largest absolute Gasteiger partial charge is 0.458 e. The van der Waals surface area contributed by atoms with E-state index in [4.69, 9.17) is 9.31 Å². The molecule has 2 aromatic carbocycles. The van der Waals surface area contributed by atoms with Crippen LogP contribution in [0.2, 0.25) is 18.5 Å². The molecule has 1 unspecified atom stereocenters. The van der Waals surface area contributed by atoms with E-state index in [1.807, 2.05) is 12.1 Å². The van der Waals surface area contributed by atoms with Gasteiger partial charge < -0.3 is 9.31 Å². The van der Waals surface area contributed by atoms with Crippen molar-refractivity contribution < 1.29 is 14.2 Å². The maximum Gasteiger partial charge on any atom is 0.458 e. The van der Waals surface area contributed by atoms with Crippen molar-refractivity contribution in [3.05, 3.63) is 70.3 Å². The Morgan fingerprint density at radius 3 is 2.00 bits per heavy atom. The third kappa shape index (κ3) is 4.53. The standard InChI is InChI=1S/C23H32BNO4Si/c1-22(2)23(3,4)29-24(28-22)21(30(5,6)20-10-8-7-9-11-20)17-14-18-12-15-19(16-13-18)25(26)27/h7-13,15-16,21H,14,17H2,1-6H3. The maximum absolute atomic E-state index is 10.9. The summed E-state index contributed by atoms with van der Waals surface area (Å²) in [4.78, 5) is 10.6. The summed E-state index contributed by atoms with van der Waals surface area (Å²) in [6, 6.07) is 17.6. The van der Waals surface area contributed by atoms with Gasteiger partial charge in [-0.15, -0.1) is 0 Å². The van der Waals surface area contributed by atoms with Gasteiger partial charge in [0.2, 0.25) is 0 Å². The van der Waals surface area contributed by atoms with Gasteiger partial charge in [-0.05, 0) is 51.5 Å². The van der Waals surface area contributed by atoms with Crippen molar-refractivity contribution in [2.75, 3.05) is 0 Å². The van der Waals surface area contributed by atoms with Crippen LogP contribution < -0.4 is 5.19 Å². The summed E-state index contributed by atoms with van der Waals surface area (Å²) in [5, 5.41) is 12.3. The molecule has 1 heterocycles. The Hall–Kier alpha value is -1.96. The number of nitro benzene ring substituents is 1. The van der Waals surface area contributed by atoms with Gasteiger partial charge in [0, 0.05) is 12.1 Å². The minimum atomic E-state index is -1.94. The highest BCUT2D eigenvalue weighted by molar-refractivity contribution is 6.97. The summed E-state index contributed by atoms with van der Waals surface area (Å²) in [6.45, 7) is 13.1. The van der Waals surface area contributed by atoms with Crippen molar-refractivity contribution >= 4 is 26.1 Å². The zero-order valence-electron chi connectivity index (χ0n) is 18.8. The lowest BCUT2D eigenvalue weighted by Gasteiger charge is -2.34. The molecule has 0 spiro atoms. The fourth-order valence-corrected chi connectivity index (χ4v) is 7.24. The van der Waals surface area contributed by atoms with Crippen LogP contribution in [0.5, 0.6) is 0 Å². The van der Waals surface area contributed by atoms with Crippen LogP contribution in [-0.2, 0) is 15.7 Å². The lowest BCUT2D eigenvalue weighted by atomic mass is 9.80. The van der Waals surface area contributed by atoms with E-state index in [9.17, 15) is 10.1 Å². The molecule has 0 amide bonds. The second-order valence-electron chi connectivity index (χ2n) is 9.78. The highest BCUT2D eigenvalue weighted by Crippen LogP contribution is 2.43. The summed E-state index contributed by atoms with van der Waals surface area (Å²) < 4.78 is 13.0. The highest BCUT2D eigenvalue weighted by Gasteiger charge is 2.56. The van der Waals surface area contributed by atoms with Crippen molar-refractivity contribution in [3.63, 3.8) is 0 Å². The first-order valence-corrected chi connectivity index (χ1v) is 13.7. The normalized spacial score (nSPS) is 18.9. The molecular formula is C23H32BNO4Si. The average molecular weight is 425 g/mol. The van der Waals surface area contributed by atoms with Crippen molar-refractivity contribution in [1.29, 1.82) is 0 Å². The molecule has 0 aliphatic carbocycles. The Morgan fingerprint density at radius 1 is 0.967 bits per heavy atom. The molecule has 3 rings (SSSR count). The quantitative estimate of drug-likeness (QED) is 0.350. The first-order chi connectivity index (χ1) is 13.9. The Bertz CT molecular complexity index is 868. The van der Waals surface area contributed by atoms with Crippen LogP contribution in [0.3, 0.4) is 0 Å². The molecule has 1 atom stereocenters. The van der Waals surface area contributed by atoms with Crippen LogP contribution >= 0.6 is 0 Å². The summed E-state index contributed by atoms with van der Waals surface area (Å²) in [5.41, 5.74) is 0.728. The van der Waals surface area contributed by atoms with E-state index in [0.717, 1.165) is 18.4 Å². The van der Waals surface area contributed by atoms with Gasteiger partial charge in [-0.25, -0.2) is 0 Å². The maximum atomic E-state index is 10.9. The molecular weight excluding hydrogens is 393 g/mol. The Kier molecular flexibility index (Phi) is 6.28. The smallest absolute Gasteiger partial charge is 0.403 e. The van der Waals surface area contributed by atoms with Crippen molar-refractivity contribution in [1.82, 2.24) is 0 Å². The third-order valence-electron chi connectivity index (χ3n) is 6.94. The Balaban J connectivity index is 1.87. The lowest BCUT2D eigenvalue weighted by molar-refractivity contribution is -0.384. The number of benzene rings is 2. The number of nitro groups is 1. The molecule has 1 aliphatic rings.